The van der Waals surface area contributed by atoms with Crippen molar-refractivity contribution >= 4 is 22.7 Å². The van der Waals surface area contributed by atoms with Crippen LogP contribution >= 0.6 is 11.6 Å². The van der Waals surface area contributed by atoms with Crippen LogP contribution in [-0.4, -0.2) is 19.0 Å². The summed E-state index contributed by atoms with van der Waals surface area (Å²) in [6.45, 7) is 0. The quantitative estimate of drug-likeness (QED) is 0.602. The zero-order valence-electron chi connectivity index (χ0n) is 4.17. The van der Waals surface area contributed by atoms with E-state index < -0.39 is 11.1 Å². The van der Waals surface area contributed by atoms with Crippen molar-refractivity contribution in [3.63, 3.8) is 0 Å². The fraction of sp³-hybridized carbons (Fsp3) is 0. The van der Waals surface area contributed by atoms with Gasteiger partial charge in [0.05, 0.1) is 6.20 Å². The second-order valence-corrected chi connectivity index (χ2v) is 2.61. The van der Waals surface area contributed by atoms with E-state index in [9.17, 15) is 4.21 Å². The second kappa shape index (κ2) is 2.47. The third-order valence-electron chi connectivity index (χ3n) is 0.749. The summed E-state index contributed by atoms with van der Waals surface area (Å²) < 4.78 is 18.7. The summed E-state index contributed by atoms with van der Waals surface area (Å²) >= 11 is 3.33. The minimum absolute atomic E-state index is 0.107. The van der Waals surface area contributed by atoms with Gasteiger partial charge in [-0.15, -0.1) is 0 Å². The highest BCUT2D eigenvalue weighted by molar-refractivity contribution is 7.79. The average molecular weight is 167 g/mol. The number of nitrogens with zero attached hydrogens (tertiary/aromatic N) is 1. The highest BCUT2D eigenvalue weighted by Crippen LogP contribution is 2.13. The molecule has 2 N–H and O–H groups in total. The van der Waals surface area contributed by atoms with Crippen molar-refractivity contribution in [1.82, 2.24) is 10.2 Å². The third kappa shape index (κ3) is 1.29. The first-order valence-electron chi connectivity index (χ1n) is 2.01. The maximum absolute atomic E-state index is 10.2. The van der Waals surface area contributed by atoms with Gasteiger partial charge in [0.25, 0.3) is 0 Å². The normalized spacial score (nSPS) is 13.6. The van der Waals surface area contributed by atoms with Crippen molar-refractivity contribution in [3.8, 4) is 0 Å². The molecule has 1 unspecified atom stereocenters. The fourth-order valence-electron chi connectivity index (χ4n) is 0.381. The number of rotatable bonds is 1. The summed E-state index contributed by atoms with van der Waals surface area (Å²) in [5, 5.41) is 5.85. The van der Waals surface area contributed by atoms with E-state index in [1.165, 1.54) is 6.20 Å². The highest BCUT2D eigenvalue weighted by atomic mass is 35.5. The van der Waals surface area contributed by atoms with Crippen LogP contribution in [0.4, 0.5) is 0 Å². The molecular weight excluding hydrogens is 164 g/mol. The van der Waals surface area contributed by atoms with E-state index in [1.807, 2.05) is 0 Å². The summed E-state index contributed by atoms with van der Waals surface area (Å²) in [7, 11) is 0. The smallest absolute Gasteiger partial charge is 0.191 e. The van der Waals surface area contributed by atoms with Gasteiger partial charge in [-0.1, -0.05) is 11.6 Å². The fourth-order valence-corrected chi connectivity index (χ4v) is 1.02. The van der Waals surface area contributed by atoms with Gasteiger partial charge in [-0.2, -0.15) is 5.10 Å². The van der Waals surface area contributed by atoms with Crippen LogP contribution in [0.3, 0.4) is 0 Å². The van der Waals surface area contributed by atoms with E-state index in [1.54, 1.807) is 0 Å². The van der Waals surface area contributed by atoms with Crippen molar-refractivity contribution < 1.29 is 8.76 Å². The van der Waals surface area contributed by atoms with Crippen LogP contribution in [-0.2, 0) is 11.1 Å². The number of aromatic nitrogens is 2. The number of halogens is 1. The Morgan fingerprint density at radius 2 is 2.56 bits per heavy atom. The molecule has 1 heterocycles. The van der Waals surface area contributed by atoms with Gasteiger partial charge in [-0.25, -0.2) is 4.21 Å². The maximum atomic E-state index is 10.2. The van der Waals surface area contributed by atoms with Gasteiger partial charge >= 0.3 is 0 Å². The predicted octanol–water partition coefficient (Wildman–Crippen LogP) is 0.644. The Labute approximate surface area is 58.5 Å². The number of H-pyrrole nitrogens is 1. The third-order valence-corrected chi connectivity index (χ3v) is 1.83. The van der Waals surface area contributed by atoms with Crippen molar-refractivity contribution in [3.05, 3.63) is 11.3 Å². The lowest BCUT2D eigenvalue weighted by Gasteiger charge is -1.84. The van der Waals surface area contributed by atoms with Crippen molar-refractivity contribution in [1.29, 1.82) is 0 Å². The van der Waals surface area contributed by atoms with Gasteiger partial charge in [0, 0.05) is 0 Å². The Morgan fingerprint density at radius 3 is 2.78 bits per heavy atom. The highest BCUT2D eigenvalue weighted by Gasteiger charge is 2.06. The molecule has 50 valence electrons. The van der Waals surface area contributed by atoms with E-state index in [-0.39, 0.29) is 10.0 Å². The lowest BCUT2D eigenvalue weighted by atomic mass is 10.7. The molecule has 0 aliphatic heterocycles. The minimum atomic E-state index is -2.04. The summed E-state index contributed by atoms with van der Waals surface area (Å²) in [5.74, 6) is 0. The monoisotopic (exact) mass is 166 g/mol. The molecule has 1 aromatic heterocycles. The summed E-state index contributed by atoms with van der Waals surface area (Å²) in [4.78, 5) is 0.108. The average Bonchev–Trinajstić information content (AvgIpc) is 2.13. The van der Waals surface area contributed by atoms with E-state index in [0.29, 0.717) is 0 Å². The van der Waals surface area contributed by atoms with Gasteiger partial charge in [-0.05, 0) is 0 Å². The number of aromatic amines is 1. The SMILES string of the molecule is O=S(O)c1cn[nH]c1Cl. The molecule has 0 spiro atoms. The summed E-state index contributed by atoms with van der Waals surface area (Å²) in [6.07, 6.45) is 1.21. The van der Waals surface area contributed by atoms with Crippen molar-refractivity contribution in [2.45, 2.75) is 4.90 Å². The summed E-state index contributed by atoms with van der Waals surface area (Å²) in [5.41, 5.74) is 0. The van der Waals surface area contributed by atoms with Gasteiger partial charge < -0.3 is 4.55 Å². The van der Waals surface area contributed by atoms with Crippen LogP contribution < -0.4 is 0 Å². The molecule has 0 saturated carbocycles. The lowest BCUT2D eigenvalue weighted by Crippen LogP contribution is -1.84. The first-order chi connectivity index (χ1) is 4.22. The van der Waals surface area contributed by atoms with Crippen LogP contribution in [0.25, 0.3) is 0 Å². The molecule has 9 heavy (non-hydrogen) atoms. The molecule has 0 aromatic carbocycles. The Balaban J connectivity index is 3.08. The van der Waals surface area contributed by atoms with Crippen molar-refractivity contribution in [2.75, 3.05) is 0 Å². The Kier molecular flexibility index (Phi) is 1.84. The molecule has 0 aliphatic carbocycles. The van der Waals surface area contributed by atoms with Gasteiger partial charge in [-0.3, -0.25) is 5.10 Å². The first kappa shape index (κ1) is 6.73. The van der Waals surface area contributed by atoms with Crippen LogP contribution in [0.15, 0.2) is 11.1 Å². The molecule has 6 heteroatoms. The predicted molar refractivity (Wildman–Crippen MR) is 32.6 cm³/mol. The Morgan fingerprint density at radius 1 is 1.89 bits per heavy atom. The summed E-state index contributed by atoms with van der Waals surface area (Å²) in [6, 6.07) is 0. The first-order valence-corrected chi connectivity index (χ1v) is 3.50. The molecule has 0 fully saturated rings. The number of hydrogen-bond acceptors (Lipinski definition) is 2. The van der Waals surface area contributed by atoms with E-state index >= 15 is 0 Å². The topological polar surface area (TPSA) is 66.0 Å². The van der Waals surface area contributed by atoms with Crippen LogP contribution in [0, 0.1) is 0 Å². The lowest BCUT2D eigenvalue weighted by molar-refractivity contribution is 0.564. The van der Waals surface area contributed by atoms with Crippen molar-refractivity contribution in [2.24, 2.45) is 0 Å². The second-order valence-electron chi connectivity index (χ2n) is 1.30. The van der Waals surface area contributed by atoms with Gasteiger partial charge in [0.1, 0.15) is 10.0 Å². The maximum Gasteiger partial charge on any atom is 0.191 e. The Bertz CT molecular complexity index is 235. The molecule has 0 bridgehead atoms. The van der Waals surface area contributed by atoms with Crippen LogP contribution in [0.1, 0.15) is 0 Å². The molecule has 1 atom stereocenters. The number of nitrogens with one attached hydrogen (secondary N) is 1. The van der Waals surface area contributed by atoms with Gasteiger partial charge in [0.15, 0.2) is 11.1 Å². The Hall–Kier alpha value is -0.390. The minimum Gasteiger partial charge on any atom is -0.302 e. The molecular formula is C3H3ClN2O2S. The van der Waals surface area contributed by atoms with E-state index in [2.05, 4.69) is 10.2 Å². The van der Waals surface area contributed by atoms with Crippen LogP contribution in [0.5, 0.6) is 0 Å². The molecule has 0 aliphatic rings. The van der Waals surface area contributed by atoms with E-state index in [0.717, 1.165) is 0 Å². The molecule has 0 amide bonds. The van der Waals surface area contributed by atoms with Crippen LogP contribution in [0.2, 0.25) is 5.15 Å². The van der Waals surface area contributed by atoms with E-state index in [4.69, 9.17) is 16.2 Å². The standard InChI is InChI=1S/C3H3ClN2O2S/c4-3-2(9(7)8)1-5-6-3/h1H,(H,5,6)(H,7,8). The largest absolute Gasteiger partial charge is 0.302 e. The molecule has 1 aromatic rings. The number of hydrogen-bond donors (Lipinski definition) is 2. The zero-order chi connectivity index (χ0) is 6.85. The molecule has 4 nitrogen and oxygen atoms in total. The molecule has 0 radical (unpaired) electrons. The zero-order valence-corrected chi connectivity index (χ0v) is 5.74. The molecule has 1 rings (SSSR count). The molecule has 0 saturated heterocycles. The van der Waals surface area contributed by atoms with Gasteiger partial charge in [0.2, 0.25) is 0 Å².